The summed E-state index contributed by atoms with van der Waals surface area (Å²) in [5.41, 5.74) is 0. The van der Waals surface area contributed by atoms with Gasteiger partial charge in [0.15, 0.2) is 9.84 Å². The van der Waals surface area contributed by atoms with Crippen molar-refractivity contribution in [3.05, 3.63) is 0 Å². The lowest BCUT2D eigenvalue weighted by atomic mass is 10.1. The van der Waals surface area contributed by atoms with Crippen LogP contribution in [-0.2, 0) is 14.6 Å². The molecule has 0 aliphatic heterocycles. The zero-order valence-electron chi connectivity index (χ0n) is 11.5. The maximum Gasteiger partial charge on any atom is 0.153 e. The first-order chi connectivity index (χ1) is 7.86. The molecular weight excluding hydrogens is 238 g/mol. The lowest BCUT2D eigenvalue weighted by Crippen LogP contribution is -2.29. The van der Waals surface area contributed by atoms with E-state index in [9.17, 15) is 8.42 Å². The Labute approximate surface area is 106 Å². The maximum absolute atomic E-state index is 11.5. The molecule has 104 valence electrons. The van der Waals surface area contributed by atoms with Gasteiger partial charge in [-0.05, 0) is 26.2 Å². The van der Waals surface area contributed by atoms with Crippen molar-refractivity contribution >= 4 is 9.84 Å². The van der Waals surface area contributed by atoms with Crippen LogP contribution in [0, 0.1) is 5.92 Å². The average molecular weight is 265 g/mol. The third-order valence-electron chi connectivity index (χ3n) is 2.54. The van der Waals surface area contributed by atoms with E-state index in [0.717, 1.165) is 13.0 Å². The molecule has 0 heterocycles. The summed E-state index contributed by atoms with van der Waals surface area (Å²) in [7, 11) is -2.91. The molecule has 0 saturated heterocycles. The molecule has 0 unspecified atom stereocenters. The molecule has 0 aromatic rings. The van der Waals surface area contributed by atoms with E-state index >= 15 is 0 Å². The lowest BCUT2D eigenvalue weighted by Gasteiger charge is -2.09. The van der Waals surface area contributed by atoms with Gasteiger partial charge in [0.05, 0.1) is 17.6 Å². The Morgan fingerprint density at radius 3 is 2.24 bits per heavy atom. The number of nitrogens with one attached hydrogen (secondary N) is 1. The van der Waals surface area contributed by atoms with Gasteiger partial charge in [-0.15, -0.1) is 0 Å². The summed E-state index contributed by atoms with van der Waals surface area (Å²) in [6, 6.07) is 0. The highest BCUT2D eigenvalue weighted by Crippen LogP contribution is 1.99. The summed E-state index contributed by atoms with van der Waals surface area (Å²) in [5.74, 6) is 0.871. The second-order valence-corrected chi connectivity index (χ2v) is 7.64. The Bertz CT molecular complexity index is 273. The first-order valence-corrected chi connectivity index (χ1v) is 8.08. The maximum atomic E-state index is 11.5. The smallest absolute Gasteiger partial charge is 0.153 e. The molecule has 0 rings (SSSR count). The highest BCUT2D eigenvalue weighted by Gasteiger charge is 2.14. The third-order valence-corrected chi connectivity index (χ3v) is 4.75. The number of hydrogen-bond donors (Lipinski definition) is 1. The minimum atomic E-state index is -2.91. The molecule has 1 N–H and O–H groups in total. The molecular formula is C12H27NO3S. The van der Waals surface area contributed by atoms with Gasteiger partial charge in [0, 0.05) is 19.7 Å². The quantitative estimate of drug-likeness (QED) is 0.608. The standard InChI is InChI=1S/C12H27NO3S/c1-11(2)5-8-16-9-6-13-7-10-17(14,15)12(3)4/h11-13H,5-10H2,1-4H3. The van der Waals surface area contributed by atoms with E-state index in [2.05, 4.69) is 19.2 Å². The van der Waals surface area contributed by atoms with Gasteiger partial charge in [-0.1, -0.05) is 13.8 Å². The zero-order chi connectivity index (χ0) is 13.3. The van der Waals surface area contributed by atoms with Gasteiger partial charge < -0.3 is 10.1 Å². The highest BCUT2D eigenvalue weighted by molar-refractivity contribution is 7.92. The molecule has 0 aromatic carbocycles. The summed E-state index contributed by atoms with van der Waals surface area (Å²) in [4.78, 5) is 0. The molecule has 5 heteroatoms. The topological polar surface area (TPSA) is 55.4 Å². The molecule has 0 spiro atoms. The van der Waals surface area contributed by atoms with Crippen LogP contribution in [0.15, 0.2) is 0 Å². The van der Waals surface area contributed by atoms with Gasteiger partial charge in [-0.2, -0.15) is 0 Å². The summed E-state index contributed by atoms with van der Waals surface area (Å²) in [6.45, 7) is 10.4. The van der Waals surface area contributed by atoms with Crippen LogP contribution in [0.2, 0.25) is 0 Å². The second kappa shape index (κ2) is 8.89. The summed E-state index contributed by atoms with van der Waals surface area (Å²) in [5, 5.41) is 2.79. The minimum Gasteiger partial charge on any atom is -0.380 e. The van der Waals surface area contributed by atoms with E-state index < -0.39 is 9.84 Å². The van der Waals surface area contributed by atoms with Crippen LogP contribution in [-0.4, -0.2) is 45.7 Å². The Morgan fingerprint density at radius 1 is 1.06 bits per heavy atom. The van der Waals surface area contributed by atoms with Crippen LogP contribution in [0.4, 0.5) is 0 Å². The van der Waals surface area contributed by atoms with E-state index in [1.54, 1.807) is 13.8 Å². The molecule has 0 fully saturated rings. The first kappa shape index (κ1) is 16.9. The molecule has 0 aliphatic rings. The predicted octanol–water partition coefficient (Wildman–Crippen LogP) is 1.46. The molecule has 0 bridgehead atoms. The van der Waals surface area contributed by atoms with Crippen LogP contribution in [0.25, 0.3) is 0 Å². The Balaban J connectivity index is 3.36. The molecule has 0 saturated carbocycles. The van der Waals surface area contributed by atoms with Crippen molar-refractivity contribution in [3.8, 4) is 0 Å². The number of ether oxygens (including phenoxy) is 1. The third kappa shape index (κ3) is 9.56. The SMILES string of the molecule is CC(C)CCOCCNCCS(=O)(=O)C(C)C. The number of hydrogen-bond acceptors (Lipinski definition) is 4. The van der Waals surface area contributed by atoms with Crippen molar-refractivity contribution < 1.29 is 13.2 Å². The molecule has 0 atom stereocenters. The molecule has 0 amide bonds. The molecule has 0 aliphatic carbocycles. The van der Waals surface area contributed by atoms with Crippen molar-refractivity contribution in [2.24, 2.45) is 5.92 Å². The Hall–Kier alpha value is -0.130. The van der Waals surface area contributed by atoms with Crippen LogP contribution >= 0.6 is 0 Å². The van der Waals surface area contributed by atoms with E-state index in [1.807, 2.05) is 0 Å². The second-order valence-electron chi connectivity index (χ2n) is 4.96. The van der Waals surface area contributed by atoms with Gasteiger partial charge in [0.1, 0.15) is 0 Å². The van der Waals surface area contributed by atoms with Crippen molar-refractivity contribution in [2.45, 2.75) is 39.4 Å². The van der Waals surface area contributed by atoms with Crippen LogP contribution in [0.3, 0.4) is 0 Å². The normalized spacial score (nSPS) is 12.6. The van der Waals surface area contributed by atoms with Crippen molar-refractivity contribution in [1.82, 2.24) is 5.32 Å². The van der Waals surface area contributed by atoms with Crippen LogP contribution in [0.1, 0.15) is 34.1 Å². The predicted molar refractivity (Wildman–Crippen MR) is 72.1 cm³/mol. The van der Waals surface area contributed by atoms with Gasteiger partial charge in [-0.3, -0.25) is 0 Å². The fraction of sp³-hybridized carbons (Fsp3) is 1.00. The Kier molecular flexibility index (Phi) is 8.82. The van der Waals surface area contributed by atoms with Gasteiger partial charge >= 0.3 is 0 Å². The summed E-state index contributed by atoms with van der Waals surface area (Å²) < 4.78 is 28.4. The fourth-order valence-electron chi connectivity index (χ4n) is 1.14. The monoisotopic (exact) mass is 265 g/mol. The van der Waals surface area contributed by atoms with Crippen molar-refractivity contribution in [3.63, 3.8) is 0 Å². The van der Waals surface area contributed by atoms with E-state index in [0.29, 0.717) is 25.6 Å². The van der Waals surface area contributed by atoms with Crippen molar-refractivity contribution in [2.75, 3.05) is 32.1 Å². The zero-order valence-corrected chi connectivity index (χ0v) is 12.3. The van der Waals surface area contributed by atoms with E-state index in [-0.39, 0.29) is 11.0 Å². The highest BCUT2D eigenvalue weighted by atomic mass is 32.2. The number of rotatable bonds is 10. The molecule has 0 radical (unpaired) electrons. The van der Waals surface area contributed by atoms with Crippen LogP contribution in [0.5, 0.6) is 0 Å². The van der Waals surface area contributed by atoms with E-state index in [1.165, 1.54) is 0 Å². The fourth-order valence-corrected chi connectivity index (χ4v) is 2.04. The van der Waals surface area contributed by atoms with Gasteiger partial charge in [0.2, 0.25) is 0 Å². The lowest BCUT2D eigenvalue weighted by molar-refractivity contribution is 0.125. The van der Waals surface area contributed by atoms with Gasteiger partial charge in [0.25, 0.3) is 0 Å². The van der Waals surface area contributed by atoms with E-state index in [4.69, 9.17) is 4.74 Å². The summed E-state index contributed by atoms with van der Waals surface area (Å²) in [6.07, 6.45) is 1.07. The minimum absolute atomic E-state index is 0.205. The average Bonchev–Trinajstić information content (AvgIpc) is 2.21. The largest absolute Gasteiger partial charge is 0.380 e. The van der Waals surface area contributed by atoms with Crippen LogP contribution < -0.4 is 5.32 Å². The number of sulfone groups is 1. The molecule has 0 aromatic heterocycles. The Morgan fingerprint density at radius 2 is 1.71 bits per heavy atom. The van der Waals surface area contributed by atoms with Crippen molar-refractivity contribution in [1.29, 1.82) is 0 Å². The molecule has 4 nitrogen and oxygen atoms in total. The first-order valence-electron chi connectivity index (χ1n) is 6.36. The van der Waals surface area contributed by atoms with Gasteiger partial charge in [-0.25, -0.2) is 8.42 Å². The molecule has 17 heavy (non-hydrogen) atoms. The summed E-state index contributed by atoms with van der Waals surface area (Å²) >= 11 is 0.